The molecular formula is C12H28N4. The summed E-state index contributed by atoms with van der Waals surface area (Å²) in [5.41, 5.74) is 0. The molecule has 0 saturated carbocycles. The van der Waals surface area contributed by atoms with Crippen molar-refractivity contribution in [1.29, 1.82) is 0 Å². The summed E-state index contributed by atoms with van der Waals surface area (Å²) in [5.74, 6) is 0. The molecule has 96 valence electrons. The maximum atomic E-state index is 3.51. The Balaban J connectivity index is 2.25. The molecule has 0 bridgehead atoms. The van der Waals surface area contributed by atoms with Crippen molar-refractivity contribution in [3.05, 3.63) is 0 Å². The highest BCUT2D eigenvalue weighted by atomic mass is 15.2. The highest BCUT2D eigenvalue weighted by molar-refractivity contribution is 4.68. The first-order valence-electron chi connectivity index (χ1n) is 6.73. The summed E-state index contributed by atoms with van der Waals surface area (Å²) in [7, 11) is 0. The molecule has 0 radical (unpaired) electrons. The zero-order chi connectivity index (χ0) is 11.6. The molecule has 0 unspecified atom stereocenters. The van der Waals surface area contributed by atoms with Crippen LogP contribution in [0.1, 0.15) is 13.8 Å². The molecule has 0 aliphatic carbocycles. The third-order valence-corrected chi connectivity index (χ3v) is 3.24. The van der Waals surface area contributed by atoms with Gasteiger partial charge in [0.1, 0.15) is 0 Å². The lowest BCUT2D eigenvalue weighted by Crippen LogP contribution is -2.39. The molecule has 1 aliphatic rings. The van der Waals surface area contributed by atoms with Crippen molar-refractivity contribution in [1.82, 2.24) is 20.4 Å². The van der Waals surface area contributed by atoms with Crippen LogP contribution in [0.5, 0.6) is 0 Å². The van der Waals surface area contributed by atoms with Gasteiger partial charge in [-0.3, -0.25) is 4.90 Å². The molecule has 1 saturated heterocycles. The third-order valence-electron chi connectivity index (χ3n) is 3.24. The molecule has 0 atom stereocenters. The zero-order valence-electron chi connectivity index (χ0n) is 11.0. The summed E-state index contributed by atoms with van der Waals surface area (Å²) in [5, 5.41) is 6.90. The van der Waals surface area contributed by atoms with Gasteiger partial charge in [-0.15, -0.1) is 0 Å². The van der Waals surface area contributed by atoms with Gasteiger partial charge in [0, 0.05) is 52.4 Å². The van der Waals surface area contributed by atoms with Crippen LogP contribution in [0.25, 0.3) is 0 Å². The van der Waals surface area contributed by atoms with Crippen molar-refractivity contribution < 1.29 is 0 Å². The zero-order valence-corrected chi connectivity index (χ0v) is 11.0. The van der Waals surface area contributed by atoms with Gasteiger partial charge in [0.15, 0.2) is 0 Å². The van der Waals surface area contributed by atoms with Gasteiger partial charge in [-0.05, 0) is 13.1 Å². The quantitative estimate of drug-likeness (QED) is 0.639. The molecule has 4 nitrogen and oxygen atoms in total. The minimum atomic E-state index is 1.08. The Hall–Kier alpha value is -0.160. The van der Waals surface area contributed by atoms with Crippen molar-refractivity contribution in [3.63, 3.8) is 0 Å². The van der Waals surface area contributed by atoms with E-state index in [1.54, 1.807) is 0 Å². The molecule has 16 heavy (non-hydrogen) atoms. The maximum Gasteiger partial charge on any atom is 0.0110 e. The second kappa shape index (κ2) is 8.93. The molecule has 1 fully saturated rings. The largest absolute Gasteiger partial charge is 0.316 e. The fourth-order valence-corrected chi connectivity index (χ4v) is 2.06. The van der Waals surface area contributed by atoms with Gasteiger partial charge in [0.25, 0.3) is 0 Å². The molecular weight excluding hydrogens is 200 g/mol. The summed E-state index contributed by atoms with van der Waals surface area (Å²) in [6, 6.07) is 0. The van der Waals surface area contributed by atoms with E-state index < -0.39 is 0 Å². The smallest absolute Gasteiger partial charge is 0.0110 e. The summed E-state index contributed by atoms with van der Waals surface area (Å²) < 4.78 is 0. The Morgan fingerprint density at radius 1 is 1.00 bits per heavy atom. The SMILES string of the molecule is CCNCCN1CCNCCN(CC)CC1. The lowest BCUT2D eigenvalue weighted by atomic mass is 10.4. The summed E-state index contributed by atoms with van der Waals surface area (Å²) >= 11 is 0. The van der Waals surface area contributed by atoms with Crippen LogP contribution in [-0.4, -0.2) is 75.2 Å². The van der Waals surface area contributed by atoms with E-state index >= 15 is 0 Å². The van der Waals surface area contributed by atoms with Crippen molar-refractivity contribution in [3.8, 4) is 0 Å². The highest BCUT2D eigenvalue weighted by Crippen LogP contribution is 1.94. The first-order valence-corrected chi connectivity index (χ1v) is 6.73. The van der Waals surface area contributed by atoms with Crippen LogP contribution < -0.4 is 10.6 Å². The number of nitrogens with zero attached hydrogens (tertiary/aromatic N) is 2. The molecule has 1 rings (SSSR count). The predicted octanol–water partition coefficient (Wildman–Crippen LogP) is -0.177. The van der Waals surface area contributed by atoms with Gasteiger partial charge in [-0.25, -0.2) is 0 Å². The van der Waals surface area contributed by atoms with E-state index in [4.69, 9.17) is 0 Å². The number of hydrogen-bond acceptors (Lipinski definition) is 4. The van der Waals surface area contributed by atoms with Crippen LogP contribution in [0.4, 0.5) is 0 Å². The van der Waals surface area contributed by atoms with E-state index in [9.17, 15) is 0 Å². The second-order valence-corrected chi connectivity index (χ2v) is 4.38. The molecule has 0 aromatic rings. The van der Waals surface area contributed by atoms with Crippen LogP contribution in [0.2, 0.25) is 0 Å². The van der Waals surface area contributed by atoms with Crippen LogP contribution in [0, 0.1) is 0 Å². The average molecular weight is 228 g/mol. The predicted molar refractivity (Wildman–Crippen MR) is 70.0 cm³/mol. The van der Waals surface area contributed by atoms with E-state index in [0.29, 0.717) is 0 Å². The van der Waals surface area contributed by atoms with E-state index in [1.165, 1.54) is 39.3 Å². The molecule has 0 aromatic heterocycles. The molecule has 1 aliphatic heterocycles. The summed E-state index contributed by atoms with van der Waals surface area (Å²) in [4.78, 5) is 5.09. The first kappa shape index (κ1) is 13.9. The van der Waals surface area contributed by atoms with E-state index in [-0.39, 0.29) is 0 Å². The van der Waals surface area contributed by atoms with E-state index in [1.807, 2.05) is 0 Å². The topological polar surface area (TPSA) is 30.5 Å². The summed E-state index contributed by atoms with van der Waals surface area (Å²) in [6.07, 6.45) is 0. The van der Waals surface area contributed by atoms with Gasteiger partial charge < -0.3 is 15.5 Å². The number of nitrogens with one attached hydrogen (secondary N) is 2. The average Bonchev–Trinajstić information content (AvgIpc) is 2.41. The standard InChI is InChI=1S/C12H28N4/c1-3-13-5-9-16-10-7-14-6-8-15(4-2)11-12-16/h13-14H,3-12H2,1-2H3. The Bertz CT molecular complexity index is 163. The van der Waals surface area contributed by atoms with Crippen LogP contribution >= 0.6 is 0 Å². The van der Waals surface area contributed by atoms with Gasteiger partial charge in [-0.2, -0.15) is 0 Å². The molecule has 0 spiro atoms. The fraction of sp³-hybridized carbons (Fsp3) is 1.00. The Labute approximate surface area is 100 Å². The molecule has 1 heterocycles. The second-order valence-electron chi connectivity index (χ2n) is 4.38. The van der Waals surface area contributed by atoms with Crippen molar-refractivity contribution in [2.75, 3.05) is 65.4 Å². The van der Waals surface area contributed by atoms with E-state index in [2.05, 4.69) is 34.3 Å². The lowest BCUT2D eigenvalue weighted by Gasteiger charge is -2.24. The van der Waals surface area contributed by atoms with Crippen LogP contribution in [0.15, 0.2) is 0 Å². The van der Waals surface area contributed by atoms with Crippen molar-refractivity contribution in [2.45, 2.75) is 13.8 Å². The van der Waals surface area contributed by atoms with E-state index in [0.717, 1.165) is 26.2 Å². The maximum absolute atomic E-state index is 3.51. The third kappa shape index (κ3) is 5.80. The van der Waals surface area contributed by atoms with Crippen molar-refractivity contribution >= 4 is 0 Å². The molecule has 4 heteroatoms. The molecule has 0 aromatic carbocycles. The number of hydrogen-bond donors (Lipinski definition) is 2. The van der Waals surface area contributed by atoms with Crippen molar-refractivity contribution in [2.24, 2.45) is 0 Å². The van der Waals surface area contributed by atoms with Gasteiger partial charge in [0.05, 0.1) is 0 Å². The monoisotopic (exact) mass is 228 g/mol. The fourth-order valence-electron chi connectivity index (χ4n) is 2.06. The Morgan fingerprint density at radius 2 is 1.69 bits per heavy atom. The number of rotatable bonds is 5. The molecule has 2 N–H and O–H groups in total. The Kier molecular flexibility index (Phi) is 7.76. The minimum absolute atomic E-state index is 1.08. The Morgan fingerprint density at radius 3 is 2.38 bits per heavy atom. The van der Waals surface area contributed by atoms with Gasteiger partial charge >= 0.3 is 0 Å². The normalized spacial score (nSPS) is 21.4. The summed E-state index contributed by atoms with van der Waals surface area (Å²) in [6.45, 7) is 16.0. The lowest BCUT2D eigenvalue weighted by molar-refractivity contribution is 0.226. The highest BCUT2D eigenvalue weighted by Gasteiger charge is 2.09. The minimum Gasteiger partial charge on any atom is -0.316 e. The molecule has 0 amide bonds. The van der Waals surface area contributed by atoms with Crippen LogP contribution in [-0.2, 0) is 0 Å². The first-order chi connectivity index (χ1) is 7.86. The van der Waals surface area contributed by atoms with Gasteiger partial charge in [0.2, 0.25) is 0 Å². The number of likely N-dealkylation sites (N-methyl/N-ethyl adjacent to an activating group) is 2. The van der Waals surface area contributed by atoms with Crippen LogP contribution in [0.3, 0.4) is 0 Å². The van der Waals surface area contributed by atoms with Gasteiger partial charge in [-0.1, -0.05) is 13.8 Å².